The number of hydroxylamine groups is 1. The number of ether oxygens (including phenoxy) is 1. The molecular weight excluding hydrogens is 368 g/mol. The third kappa shape index (κ3) is 4.29. The summed E-state index contributed by atoms with van der Waals surface area (Å²) in [6.07, 6.45) is 0. The number of para-hydroxylation sites is 1. The van der Waals surface area contributed by atoms with Crippen LogP contribution in [-0.4, -0.2) is 52.0 Å². The van der Waals surface area contributed by atoms with Crippen LogP contribution in [0.1, 0.15) is 28.9 Å². The Bertz CT molecular complexity index is 897. The lowest BCUT2D eigenvalue weighted by Gasteiger charge is -2.26. The van der Waals surface area contributed by atoms with Gasteiger partial charge in [0, 0.05) is 25.2 Å². The van der Waals surface area contributed by atoms with Gasteiger partial charge in [0.1, 0.15) is 5.75 Å². The summed E-state index contributed by atoms with van der Waals surface area (Å²) in [6.45, 7) is 1.90. The summed E-state index contributed by atoms with van der Waals surface area (Å²) in [7, 11) is 2.10. The van der Waals surface area contributed by atoms with Gasteiger partial charge in [-0.05, 0) is 37.3 Å². The van der Waals surface area contributed by atoms with Gasteiger partial charge in [0.05, 0.1) is 25.2 Å². The first kappa shape index (κ1) is 20.9. The Balaban J connectivity index is 2.24. The van der Waals surface area contributed by atoms with E-state index in [1.54, 1.807) is 19.1 Å². The lowest BCUT2D eigenvalue weighted by molar-refractivity contribution is -0.0258. The Labute approximate surface area is 160 Å². The maximum Gasteiger partial charge on any atom is 0.264 e. The van der Waals surface area contributed by atoms with Gasteiger partial charge < -0.3 is 9.64 Å². The topological polar surface area (TPSA) is 76.2 Å². The lowest BCUT2D eigenvalue weighted by Crippen LogP contribution is -2.30. The molecule has 0 aromatic heterocycles. The molecule has 0 spiro atoms. The number of sulfonamides is 1. The molecule has 1 atom stereocenters. The number of amides is 1. The van der Waals surface area contributed by atoms with Crippen LogP contribution in [0.2, 0.25) is 0 Å². The number of methoxy groups -OCH3 is 1. The zero-order valence-corrected chi connectivity index (χ0v) is 16.9. The molecule has 0 fully saturated rings. The van der Waals surface area contributed by atoms with Gasteiger partial charge in [-0.2, -0.15) is 0 Å². The molecule has 146 valence electrons. The molecule has 1 amide bonds. The van der Waals surface area contributed by atoms with Gasteiger partial charge in [0.25, 0.3) is 15.9 Å². The van der Waals surface area contributed by atoms with Gasteiger partial charge >= 0.3 is 0 Å². The molecule has 7 nitrogen and oxygen atoms in total. The Morgan fingerprint density at radius 1 is 1.00 bits per heavy atom. The summed E-state index contributed by atoms with van der Waals surface area (Å²) in [6, 6.07) is 13.0. The molecule has 0 saturated carbocycles. The fourth-order valence-corrected chi connectivity index (χ4v) is 3.59. The third-order valence-electron chi connectivity index (χ3n) is 4.49. The monoisotopic (exact) mass is 392 g/mol. The predicted molar refractivity (Wildman–Crippen MR) is 102 cm³/mol. The quantitative estimate of drug-likeness (QED) is 0.677. The summed E-state index contributed by atoms with van der Waals surface area (Å²) >= 11 is 0. The van der Waals surface area contributed by atoms with Crippen molar-refractivity contribution in [2.45, 2.75) is 17.9 Å². The minimum absolute atomic E-state index is 0.0452. The lowest BCUT2D eigenvalue weighted by atomic mass is 10.0. The summed E-state index contributed by atoms with van der Waals surface area (Å²) in [5, 5.41) is 0. The van der Waals surface area contributed by atoms with Crippen molar-refractivity contribution in [3.63, 3.8) is 0 Å². The van der Waals surface area contributed by atoms with E-state index in [-0.39, 0.29) is 16.8 Å². The maximum atomic E-state index is 12.8. The minimum atomic E-state index is -3.75. The normalized spacial score (nSPS) is 12.7. The average Bonchev–Trinajstić information content (AvgIpc) is 2.71. The first-order valence-electron chi connectivity index (χ1n) is 8.27. The van der Waals surface area contributed by atoms with Crippen LogP contribution in [0.4, 0.5) is 0 Å². The molecule has 0 N–H and O–H groups in total. The van der Waals surface area contributed by atoms with Crippen LogP contribution in [0.15, 0.2) is 53.4 Å². The molecule has 8 heteroatoms. The summed E-state index contributed by atoms with van der Waals surface area (Å²) in [4.78, 5) is 19.2. The molecule has 0 radical (unpaired) electrons. The Morgan fingerprint density at radius 3 is 2.15 bits per heavy atom. The van der Waals surface area contributed by atoms with Crippen molar-refractivity contribution < 1.29 is 22.8 Å². The SMILES string of the molecule is COc1ccccc1C(C)N(C)C(=O)c1ccc(S(=O)(=O)N(C)OC)cc1. The van der Waals surface area contributed by atoms with E-state index in [0.29, 0.717) is 11.3 Å². The van der Waals surface area contributed by atoms with E-state index >= 15 is 0 Å². The predicted octanol–water partition coefficient (Wildman–Crippen LogP) is 2.71. The van der Waals surface area contributed by atoms with Gasteiger partial charge in [-0.25, -0.2) is 8.42 Å². The van der Waals surface area contributed by atoms with Crippen LogP contribution in [0, 0.1) is 0 Å². The van der Waals surface area contributed by atoms with Crippen molar-refractivity contribution in [1.82, 2.24) is 9.37 Å². The number of benzene rings is 2. The Hall–Kier alpha value is -2.42. The molecule has 2 rings (SSSR count). The highest BCUT2D eigenvalue weighted by Gasteiger charge is 2.24. The average molecular weight is 392 g/mol. The summed E-state index contributed by atoms with van der Waals surface area (Å²) < 4.78 is 30.6. The van der Waals surface area contributed by atoms with Gasteiger partial charge in [-0.3, -0.25) is 9.63 Å². The fraction of sp³-hybridized carbons (Fsp3) is 0.316. The van der Waals surface area contributed by atoms with E-state index in [9.17, 15) is 13.2 Å². The molecule has 0 aliphatic carbocycles. The summed E-state index contributed by atoms with van der Waals surface area (Å²) in [5.74, 6) is 0.478. The molecule has 2 aromatic rings. The summed E-state index contributed by atoms with van der Waals surface area (Å²) in [5.41, 5.74) is 1.27. The van der Waals surface area contributed by atoms with Gasteiger partial charge in [0.2, 0.25) is 0 Å². The van der Waals surface area contributed by atoms with Crippen molar-refractivity contribution in [3.05, 3.63) is 59.7 Å². The number of rotatable bonds is 7. The van der Waals surface area contributed by atoms with E-state index in [1.807, 2.05) is 31.2 Å². The number of carbonyl (C=O) groups is 1. The molecule has 0 aliphatic rings. The number of carbonyl (C=O) groups excluding carboxylic acids is 1. The van der Waals surface area contributed by atoms with Crippen molar-refractivity contribution in [2.24, 2.45) is 0 Å². The molecule has 0 aliphatic heterocycles. The van der Waals surface area contributed by atoms with Gasteiger partial charge in [0.15, 0.2) is 0 Å². The van der Waals surface area contributed by atoms with E-state index in [1.165, 1.54) is 38.4 Å². The van der Waals surface area contributed by atoms with E-state index in [0.717, 1.165) is 10.0 Å². The fourth-order valence-electron chi connectivity index (χ4n) is 2.62. The first-order chi connectivity index (χ1) is 12.7. The number of hydrogen-bond acceptors (Lipinski definition) is 5. The largest absolute Gasteiger partial charge is 0.496 e. The van der Waals surface area contributed by atoms with Crippen LogP contribution >= 0.6 is 0 Å². The van der Waals surface area contributed by atoms with Gasteiger partial charge in [-0.15, -0.1) is 0 Å². The molecule has 27 heavy (non-hydrogen) atoms. The van der Waals surface area contributed by atoms with Crippen LogP contribution in [0.3, 0.4) is 0 Å². The van der Waals surface area contributed by atoms with Crippen molar-refractivity contribution >= 4 is 15.9 Å². The minimum Gasteiger partial charge on any atom is -0.496 e. The zero-order chi connectivity index (χ0) is 20.2. The highest BCUT2D eigenvalue weighted by Crippen LogP contribution is 2.29. The third-order valence-corrected chi connectivity index (χ3v) is 6.18. The molecule has 1 unspecified atom stereocenters. The number of hydrogen-bond donors (Lipinski definition) is 0. The molecule has 0 saturated heterocycles. The Morgan fingerprint density at radius 2 is 1.59 bits per heavy atom. The van der Waals surface area contributed by atoms with E-state index in [2.05, 4.69) is 0 Å². The molecule has 0 bridgehead atoms. The standard InChI is InChI=1S/C19H24N2O5S/c1-14(17-8-6-7-9-18(17)25-4)20(2)19(22)15-10-12-16(13-11-15)27(23,24)21(3)26-5/h6-14H,1-5H3. The van der Waals surface area contributed by atoms with Crippen molar-refractivity contribution in [1.29, 1.82) is 0 Å². The number of nitrogens with zero attached hydrogens (tertiary/aromatic N) is 2. The molecule has 0 heterocycles. The van der Waals surface area contributed by atoms with Crippen LogP contribution < -0.4 is 4.74 Å². The van der Waals surface area contributed by atoms with Crippen molar-refractivity contribution in [2.75, 3.05) is 28.3 Å². The second kappa shape index (κ2) is 8.51. The van der Waals surface area contributed by atoms with E-state index < -0.39 is 10.0 Å². The van der Waals surface area contributed by atoms with Crippen LogP contribution in [-0.2, 0) is 14.9 Å². The maximum absolute atomic E-state index is 12.8. The zero-order valence-electron chi connectivity index (χ0n) is 16.0. The highest BCUT2D eigenvalue weighted by atomic mass is 32.2. The smallest absolute Gasteiger partial charge is 0.264 e. The first-order valence-corrected chi connectivity index (χ1v) is 9.71. The van der Waals surface area contributed by atoms with Crippen LogP contribution in [0.5, 0.6) is 5.75 Å². The molecule has 2 aromatic carbocycles. The molecular formula is C19H24N2O5S. The second-order valence-corrected chi connectivity index (χ2v) is 7.89. The van der Waals surface area contributed by atoms with Crippen molar-refractivity contribution in [3.8, 4) is 5.75 Å². The highest BCUT2D eigenvalue weighted by molar-refractivity contribution is 7.89. The van der Waals surface area contributed by atoms with Crippen LogP contribution in [0.25, 0.3) is 0 Å². The second-order valence-electron chi connectivity index (χ2n) is 5.96. The van der Waals surface area contributed by atoms with Gasteiger partial charge in [-0.1, -0.05) is 22.7 Å². The Kier molecular flexibility index (Phi) is 6.59. The van der Waals surface area contributed by atoms with E-state index in [4.69, 9.17) is 9.57 Å².